The second kappa shape index (κ2) is 16.1. The molecular weight excluding hydrogens is 877 g/mol. The van der Waals surface area contributed by atoms with Crippen molar-refractivity contribution in [3.63, 3.8) is 0 Å². The number of carbonyl (C=O) groups excluding carboxylic acids is 3. The summed E-state index contributed by atoms with van der Waals surface area (Å²) in [5, 5.41) is 41.0. The Kier molecular flexibility index (Phi) is 12.8. The molecule has 0 bridgehead atoms. The molecule has 0 aromatic carbocycles. The number of rotatable bonds is 6. The molecule has 0 aromatic rings. The molecule has 3 N–H and O–H groups in total. The Morgan fingerprint density at radius 1 is 0.481 bits per heavy atom. The number of nitrogens with one attached hydrogen (secondary N) is 3. The van der Waals surface area contributed by atoms with Crippen molar-refractivity contribution in [1.29, 1.82) is 0 Å². The average Bonchev–Trinajstić information content (AvgIpc) is 3.13. The van der Waals surface area contributed by atoms with Gasteiger partial charge in [0.25, 0.3) is 0 Å². The smallest absolute Gasteiger partial charge is 0.547 e. The van der Waals surface area contributed by atoms with Crippen LogP contribution in [-0.4, -0.2) is 51.5 Å². The van der Waals surface area contributed by atoms with Crippen molar-refractivity contribution in [2.24, 2.45) is 0 Å². The van der Waals surface area contributed by atoms with Gasteiger partial charge in [-0.3, -0.25) is 0 Å². The fourth-order valence-corrected chi connectivity index (χ4v) is 5.77. The number of carboxylic acid groups (broad SMARTS) is 3. The van der Waals surface area contributed by atoms with Gasteiger partial charge in [-0.15, -0.1) is 0 Å². The molecule has 9 nitrogen and oxygen atoms in total. The minimum atomic E-state index is -2.26. The van der Waals surface area contributed by atoms with Crippen LogP contribution in [0.4, 0.5) is 26.3 Å². The van der Waals surface area contributed by atoms with E-state index in [4.69, 9.17) is 0 Å². The molecule has 3 aliphatic carbocycles. The van der Waals surface area contributed by atoms with Gasteiger partial charge in [-0.2, -0.15) is 0 Å². The molecule has 6 aliphatic rings. The standard InChI is InChI=1S/3C12H11F2NO2.Ir/c3*13-9-3-6-11(14,7-4-9)12(10(16)17)5-1-2-8-15-12;/h3*1-6,8,15H,7H2,(H,16,17);/q;;;+3/p-3. The van der Waals surface area contributed by atoms with Crippen LogP contribution in [0.3, 0.4) is 0 Å². The molecule has 0 amide bonds. The molecule has 3 aliphatic heterocycles. The van der Waals surface area contributed by atoms with Gasteiger partial charge in [0.15, 0.2) is 17.0 Å². The molecule has 52 heavy (non-hydrogen) atoms. The molecule has 0 radical (unpaired) electrons. The van der Waals surface area contributed by atoms with E-state index in [0.717, 1.165) is 54.7 Å². The number of allylic oxidation sites excluding steroid dienone is 15. The molecule has 6 atom stereocenters. The zero-order chi connectivity index (χ0) is 37.6. The number of alkyl halides is 3. The Morgan fingerprint density at radius 3 is 0.885 bits per heavy atom. The first-order chi connectivity index (χ1) is 24.0. The predicted molar refractivity (Wildman–Crippen MR) is 168 cm³/mol. The van der Waals surface area contributed by atoms with Crippen molar-refractivity contribution in [3.8, 4) is 0 Å². The Bertz CT molecular complexity index is 1610. The van der Waals surface area contributed by atoms with Crippen molar-refractivity contribution in [2.45, 2.75) is 52.9 Å². The number of carboxylic acids is 3. The van der Waals surface area contributed by atoms with Crippen LogP contribution in [0.15, 0.2) is 145 Å². The number of halogens is 6. The van der Waals surface area contributed by atoms with Crippen LogP contribution in [0.1, 0.15) is 19.3 Å². The number of aliphatic carboxylic acids is 3. The molecule has 0 saturated carbocycles. The van der Waals surface area contributed by atoms with Crippen molar-refractivity contribution < 1.29 is 76.2 Å². The van der Waals surface area contributed by atoms with Gasteiger partial charge in [0, 0.05) is 19.3 Å². The minimum Gasteiger partial charge on any atom is -0.547 e. The summed E-state index contributed by atoms with van der Waals surface area (Å²) in [7, 11) is 0. The minimum absolute atomic E-state index is 0. The molecule has 276 valence electrons. The number of carbonyl (C=O) groups is 3. The first kappa shape index (κ1) is 41.3. The third-order valence-corrected chi connectivity index (χ3v) is 8.83. The number of dihydropyridines is 3. The van der Waals surface area contributed by atoms with E-state index in [1.807, 2.05) is 0 Å². The maximum atomic E-state index is 14.7. The normalized spacial score (nSPS) is 34.6. The van der Waals surface area contributed by atoms with E-state index in [2.05, 4.69) is 16.0 Å². The summed E-state index contributed by atoms with van der Waals surface area (Å²) < 4.78 is 82.4. The van der Waals surface area contributed by atoms with Crippen LogP contribution in [0.5, 0.6) is 0 Å². The monoisotopic (exact) mass is 907 g/mol. The maximum Gasteiger partial charge on any atom is 3.00 e. The predicted octanol–water partition coefficient (Wildman–Crippen LogP) is 2.01. The summed E-state index contributed by atoms with van der Waals surface area (Å²) >= 11 is 0. The van der Waals surface area contributed by atoms with Crippen LogP contribution < -0.4 is 31.3 Å². The first-order valence-electron chi connectivity index (χ1n) is 15.2. The van der Waals surface area contributed by atoms with Crippen molar-refractivity contribution >= 4 is 17.9 Å². The van der Waals surface area contributed by atoms with Gasteiger partial charge >= 0.3 is 20.1 Å². The molecule has 16 heteroatoms. The summed E-state index contributed by atoms with van der Waals surface area (Å²) in [5.41, 5.74) is -12.8. The molecule has 3 heterocycles. The third kappa shape index (κ3) is 7.72. The third-order valence-electron chi connectivity index (χ3n) is 8.83. The van der Waals surface area contributed by atoms with Gasteiger partial charge in [-0.1, -0.05) is 18.2 Å². The van der Waals surface area contributed by atoms with Crippen LogP contribution >= 0.6 is 0 Å². The zero-order valence-electron chi connectivity index (χ0n) is 26.8. The van der Waals surface area contributed by atoms with E-state index >= 15 is 0 Å². The van der Waals surface area contributed by atoms with E-state index in [-0.39, 0.29) is 39.4 Å². The van der Waals surface area contributed by atoms with E-state index in [1.165, 1.54) is 73.3 Å². The van der Waals surface area contributed by atoms with Gasteiger partial charge in [-0.05, 0) is 110 Å². The maximum absolute atomic E-state index is 14.7. The van der Waals surface area contributed by atoms with Crippen LogP contribution in [0, 0.1) is 0 Å². The summed E-state index contributed by atoms with van der Waals surface area (Å²) in [6.07, 6.45) is 23.7. The van der Waals surface area contributed by atoms with Gasteiger partial charge < -0.3 is 45.7 Å². The average molecular weight is 907 g/mol. The van der Waals surface area contributed by atoms with Crippen molar-refractivity contribution in [2.75, 3.05) is 0 Å². The van der Waals surface area contributed by atoms with Crippen LogP contribution in [0.2, 0.25) is 0 Å². The van der Waals surface area contributed by atoms with Crippen LogP contribution in [-0.2, 0) is 34.5 Å². The van der Waals surface area contributed by atoms with Gasteiger partial charge in [0.2, 0.25) is 0 Å². The topological polar surface area (TPSA) is 156 Å². The van der Waals surface area contributed by atoms with Gasteiger partial charge in [0.1, 0.15) is 34.1 Å². The van der Waals surface area contributed by atoms with Gasteiger partial charge in [-0.25, -0.2) is 26.3 Å². The fourth-order valence-electron chi connectivity index (χ4n) is 5.77. The second-order valence-electron chi connectivity index (χ2n) is 11.8. The summed E-state index contributed by atoms with van der Waals surface area (Å²) in [6, 6.07) is 0. The fraction of sp³-hybridized carbons (Fsp3) is 0.250. The van der Waals surface area contributed by atoms with Crippen molar-refractivity contribution in [1.82, 2.24) is 16.0 Å². The molecule has 0 fully saturated rings. The zero-order valence-corrected chi connectivity index (χ0v) is 29.2. The molecular formula is C36H30F6IrN3O6. The summed E-state index contributed by atoms with van der Waals surface area (Å²) in [5.74, 6) is -6.53. The SMILES string of the molecule is O=C([O-])C1(C2(F)C=CC(F)=CC2)C=CC=CN1.O=C([O-])C1(C2(F)C=CC(F)=CC2)C=CC=CN1.O=C([O-])C1(C2(F)C=CC(F)=CC2)C=CC=CN1.[Ir+3]. The number of hydrogen-bond acceptors (Lipinski definition) is 9. The Morgan fingerprint density at radius 2 is 0.731 bits per heavy atom. The number of hydrogen-bond donors (Lipinski definition) is 3. The Labute approximate surface area is 307 Å². The first-order valence-corrected chi connectivity index (χ1v) is 15.2. The van der Waals surface area contributed by atoms with Gasteiger partial charge in [0.05, 0.1) is 17.9 Å². The van der Waals surface area contributed by atoms with E-state index in [1.54, 1.807) is 0 Å². The van der Waals surface area contributed by atoms with E-state index < -0.39 is 69.0 Å². The Balaban J connectivity index is 0.000000208. The molecule has 6 rings (SSSR count). The molecule has 6 unspecified atom stereocenters. The largest absolute Gasteiger partial charge is 3.00 e. The van der Waals surface area contributed by atoms with Crippen molar-refractivity contribution in [3.05, 3.63) is 145 Å². The molecule has 0 spiro atoms. The Hall–Kier alpha value is -5.08. The summed E-state index contributed by atoms with van der Waals surface area (Å²) in [6.45, 7) is 0. The molecule has 0 saturated heterocycles. The quantitative estimate of drug-likeness (QED) is 0.340. The molecule has 0 aromatic heterocycles. The summed E-state index contributed by atoms with van der Waals surface area (Å²) in [4.78, 5) is 33.6. The second-order valence-corrected chi connectivity index (χ2v) is 11.8. The van der Waals surface area contributed by atoms with E-state index in [9.17, 15) is 56.0 Å². The van der Waals surface area contributed by atoms with Crippen LogP contribution in [0.25, 0.3) is 0 Å². The van der Waals surface area contributed by atoms with E-state index in [0.29, 0.717) is 0 Å².